The first-order chi connectivity index (χ1) is 28.2. The molecule has 57 heavy (non-hydrogen) atoms. The molecule has 0 atom stereocenters. The van der Waals surface area contributed by atoms with Crippen molar-refractivity contribution in [3.05, 3.63) is 200 Å². The molecule has 4 heteroatoms. The topological polar surface area (TPSA) is 38.7 Å². The number of hydrogen-bond acceptors (Lipinski definition) is 4. The lowest BCUT2D eigenvalue weighted by Gasteiger charge is -2.14. The first-order valence-electron chi connectivity index (χ1n) is 19.2. The molecule has 266 valence electrons. The Kier molecular flexibility index (Phi) is 8.01. The van der Waals surface area contributed by atoms with Gasteiger partial charge in [0.1, 0.15) is 0 Å². The predicted octanol–water partition coefficient (Wildman–Crippen LogP) is 14.5. The third kappa shape index (κ3) is 5.86. The minimum atomic E-state index is 0.638. The monoisotopic (exact) mass is 743 g/mol. The molecule has 0 fully saturated rings. The summed E-state index contributed by atoms with van der Waals surface area (Å²) < 4.78 is 2.42. The fraction of sp³-hybridized carbons (Fsp3) is 0. The molecule has 0 aliphatic rings. The van der Waals surface area contributed by atoms with Gasteiger partial charge in [-0.2, -0.15) is 0 Å². The van der Waals surface area contributed by atoms with Crippen LogP contribution in [0.3, 0.4) is 0 Å². The second-order valence-electron chi connectivity index (χ2n) is 14.3. The van der Waals surface area contributed by atoms with Gasteiger partial charge in [-0.25, -0.2) is 15.0 Å². The van der Waals surface area contributed by atoms with Gasteiger partial charge in [-0.05, 0) is 85.3 Å². The molecular weight excluding hydrogens is 711 g/mol. The number of fused-ring (bicyclic) bond motifs is 5. The molecule has 3 nitrogen and oxygen atoms in total. The van der Waals surface area contributed by atoms with E-state index < -0.39 is 0 Å². The van der Waals surface area contributed by atoms with Crippen molar-refractivity contribution in [2.24, 2.45) is 0 Å². The first kappa shape index (κ1) is 33.1. The molecule has 9 aromatic carbocycles. The van der Waals surface area contributed by atoms with E-state index in [9.17, 15) is 0 Å². The number of nitrogens with zero attached hydrogens (tertiary/aromatic N) is 3. The summed E-state index contributed by atoms with van der Waals surface area (Å²) in [6.45, 7) is 0. The van der Waals surface area contributed by atoms with Crippen LogP contribution >= 0.6 is 11.3 Å². The van der Waals surface area contributed by atoms with Crippen molar-refractivity contribution < 1.29 is 0 Å². The van der Waals surface area contributed by atoms with Gasteiger partial charge in [-0.1, -0.05) is 170 Å². The molecule has 0 saturated heterocycles. The Morgan fingerprint density at radius 2 is 0.825 bits per heavy atom. The molecule has 0 radical (unpaired) electrons. The maximum Gasteiger partial charge on any atom is 0.165 e. The van der Waals surface area contributed by atoms with Crippen LogP contribution in [-0.4, -0.2) is 15.0 Å². The molecule has 0 spiro atoms. The Labute approximate surface area is 334 Å². The molecule has 11 aromatic rings. The van der Waals surface area contributed by atoms with Gasteiger partial charge in [0.15, 0.2) is 17.5 Å². The summed E-state index contributed by atoms with van der Waals surface area (Å²) in [5, 5.41) is 7.17. The van der Waals surface area contributed by atoms with Crippen molar-refractivity contribution in [2.75, 3.05) is 0 Å². The fourth-order valence-electron chi connectivity index (χ4n) is 8.18. The Balaban J connectivity index is 1.08. The van der Waals surface area contributed by atoms with E-state index in [1.54, 1.807) is 11.3 Å². The van der Waals surface area contributed by atoms with Crippen molar-refractivity contribution >= 4 is 53.1 Å². The molecule has 2 aromatic heterocycles. The summed E-state index contributed by atoms with van der Waals surface area (Å²) >= 11 is 1.79. The van der Waals surface area contributed by atoms with Crippen molar-refractivity contribution in [2.45, 2.75) is 0 Å². The molecule has 0 bridgehead atoms. The molecule has 0 aliphatic heterocycles. The summed E-state index contributed by atoms with van der Waals surface area (Å²) in [7, 11) is 0. The van der Waals surface area contributed by atoms with Gasteiger partial charge in [-0.3, -0.25) is 0 Å². The highest BCUT2D eigenvalue weighted by molar-refractivity contribution is 7.26. The van der Waals surface area contributed by atoms with E-state index in [4.69, 9.17) is 15.0 Å². The fourth-order valence-corrected chi connectivity index (χ4v) is 9.39. The number of benzene rings is 9. The standard InChI is InChI=1S/C53H33N3S/c1-3-14-35(15-4-1)41-30-31-46(43-21-10-9-20-42(41)43)52-54-51(55-53(56-52)47-24-13-23-45-44-22-11-12-25-49(44)57-50(45)47)37-28-26-34(27-29-37)39-32-38-18-7-8-19-40(38)48(33-39)36-16-5-2-6-17-36/h1-33H. The van der Waals surface area contributed by atoms with Crippen molar-refractivity contribution in [3.63, 3.8) is 0 Å². The van der Waals surface area contributed by atoms with Crippen LogP contribution in [0.2, 0.25) is 0 Å². The van der Waals surface area contributed by atoms with Crippen molar-refractivity contribution in [1.29, 1.82) is 0 Å². The third-order valence-corrected chi connectivity index (χ3v) is 12.2. The van der Waals surface area contributed by atoms with Gasteiger partial charge in [0.25, 0.3) is 0 Å². The summed E-state index contributed by atoms with van der Waals surface area (Å²) in [4.78, 5) is 15.8. The van der Waals surface area contributed by atoms with E-state index in [-0.39, 0.29) is 0 Å². The van der Waals surface area contributed by atoms with Crippen LogP contribution in [0, 0.1) is 0 Å². The van der Waals surface area contributed by atoms with E-state index in [2.05, 4.69) is 200 Å². The summed E-state index contributed by atoms with van der Waals surface area (Å²) in [5.74, 6) is 1.95. The molecule has 0 saturated carbocycles. The van der Waals surface area contributed by atoms with Gasteiger partial charge in [0.05, 0.1) is 0 Å². The van der Waals surface area contributed by atoms with E-state index in [0.29, 0.717) is 17.5 Å². The average molecular weight is 744 g/mol. The van der Waals surface area contributed by atoms with Crippen LogP contribution in [0.4, 0.5) is 0 Å². The number of aromatic nitrogens is 3. The normalized spacial score (nSPS) is 11.5. The van der Waals surface area contributed by atoms with Gasteiger partial charge >= 0.3 is 0 Å². The second-order valence-corrected chi connectivity index (χ2v) is 15.4. The highest BCUT2D eigenvalue weighted by Crippen LogP contribution is 2.41. The quantitative estimate of drug-likeness (QED) is 0.170. The van der Waals surface area contributed by atoms with E-state index in [1.165, 1.54) is 53.2 Å². The molecule has 0 aliphatic carbocycles. The Hall–Kier alpha value is -7.27. The highest BCUT2D eigenvalue weighted by atomic mass is 32.1. The number of thiophene rings is 1. The maximum atomic E-state index is 5.29. The van der Waals surface area contributed by atoms with Crippen molar-refractivity contribution in [3.8, 4) is 67.5 Å². The lowest BCUT2D eigenvalue weighted by molar-refractivity contribution is 1.08. The summed E-state index contributed by atoms with van der Waals surface area (Å²) in [5.41, 5.74) is 9.99. The zero-order valence-corrected chi connectivity index (χ0v) is 31.6. The van der Waals surface area contributed by atoms with E-state index in [1.807, 2.05) is 0 Å². The molecule has 0 amide bonds. The molecule has 0 N–H and O–H groups in total. The second kappa shape index (κ2) is 13.8. The lowest BCUT2D eigenvalue weighted by atomic mass is 9.93. The number of rotatable bonds is 6. The van der Waals surface area contributed by atoms with Crippen LogP contribution in [0.15, 0.2) is 200 Å². The Morgan fingerprint density at radius 1 is 0.281 bits per heavy atom. The Bertz CT molecular complexity index is 3280. The SMILES string of the molecule is c1ccc(-c2cc(-c3ccc(-c4nc(-c5ccc(-c6ccccc6)c6ccccc56)nc(-c5cccc6c5sc5ccccc56)n4)cc3)cc3ccccc23)cc1. The van der Waals surface area contributed by atoms with Crippen LogP contribution in [0.5, 0.6) is 0 Å². The zero-order chi connectivity index (χ0) is 37.7. The van der Waals surface area contributed by atoms with E-state index >= 15 is 0 Å². The smallest absolute Gasteiger partial charge is 0.165 e. The maximum absolute atomic E-state index is 5.29. The van der Waals surface area contributed by atoms with E-state index in [0.717, 1.165) is 38.6 Å². The van der Waals surface area contributed by atoms with Gasteiger partial charge in [0.2, 0.25) is 0 Å². The predicted molar refractivity (Wildman–Crippen MR) is 240 cm³/mol. The third-order valence-electron chi connectivity index (χ3n) is 11.0. The van der Waals surface area contributed by atoms with Crippen LogP contribution in [-0.2, 0) is 0 Å². The Morgan fingerprint density at radius 3 is 1.58 bits per heavy atom. The van der Waals surface area contributed by atoms with Crippen LogP contribution in [0.1, 0.15) is 0 Å². The zero-order valence-electron chi connectivity index (χ0n) is 30.8. The first-order valence-corrected chi connectivity index (χ1v) is 20.0. The van der Waals surface area contributed by atoms with Gasteiger partial charge in [-0.15, -0.1) is 11.3 Å². The highest BCUT2D eigenvalue weighted by Gasteiger charge is 2.19. The number of hydrogen-bond donors (Lipinski definition) is 0. The average Bonchev–Trinajstić information content (AvgIpc) is 3.68. The minimum absolute atomic E-state index is 0.638. The lowest BCUT2D eigenvalue weighted by Crippen LogP contribution is -2.01. The van der Waals surface area contributed by atoms with Crippen molar-refractivity contribution in [1.82, 2.24) is 15.0 Å². The molecule has 2 heterocycles. The summed E-state index contributed by atoms with van der Waals surface area (Å²) in [6.07, 6.45) is 0. The largest absolute Gasteiger partial charge is 0.208 e. The van der Waals surface area contributed by atoms with Gasteiger partial charge < -0.3 is 0 Å². The summed E-state index contributed by atoms with van der Waals surface area (Å²) in [6, 6.07) is 71.1. The van der Waals surface area contributed by atoms with Crippen LogP contribution in [0.25, 0.3) is 109 Å². The molecule has 11 rings (SSSR count). The van der Waals surface area contributed by atoms with Gasteiger partial charge in [0, 0.05) is 36.9 Å². The minimum Gasteiger partial charge on any atom is -0.208 e. The van der Waals surface area contributed by atoms with Crippen LogP contribution < -0.4 is 0 Å². The molecule has 0 unspecified atom stereocenters. The molecular formula is C53H33N3S.